The first-order valence-electron chi connectivity index (χ1n) is 2.88. The molecule has 1 aromatic rings. The lowest BCUT2D eigenvalue weighted by Gasteiger charge is -1.99. The summed E-state index contributed by atoms with van der Waals surface area (Å²) in [5.74, 6) is -0.591. The lowest BCUT2D eigenvalue weighted by atomic mass is 10.3. The van der Waals surface area contributed by atoms with Crippen molar-refractivity contribution in [1.29, 1.82) is 5.26 Å². The first-order chi connectivity index (χ1) is 5.29. The van der Waals surface area contributed by atoms with Crippen LogP contribution in [0, 0.1) is 17.1 Å². The molecule has 4 heteroatoms. The van der Waals surface area contributed by atoms with Gasteiger partial charge in [0.25, 0.3) is 0 Å². The van der Waals surface area contributed by atoms with E-state index in [0.29, 0.717) is 0 Å². The minimum absolute atomic E-state index is 0.0208. The van der Waals surface area contributed by atoms with Gasteiger partial charge in [0.15, 0.2) is 0 Å². The number of hydrogen-bond donors (Lipinski definition) is 0. The van der Waals surface area contributed by atoms with Crippen LogP contribution in [0.3, 0.4) is 0 Å². The molecule has 0 aliphatic heterocycles. The Balaban J connectivity index is 3.27. The highest BCUT2D eigenvalue weighted by Crippen LogP contribution is 2.15. The lowest BCUT2D eigenvalue weighted by molar-refractivity contribution is 0.392. The number of methoxy groups -OCH3 is 1. The molecular weight excluding hydrogens is 147 g/mol. The van der Waals surface area contributed by atoms with Crippen molar-refractivity contribution in [2.24, 2.45) is 0 Å². The molecule has 0 N–H and O–H groups in total. The summed E-state index contributed by atoms with van der Waals surface area (Å²) in [5.41, 5.74) is -0.157. The fourth-order valence-corrected chi connectivity index (χ4v) is 0.676. The zero-order valence-electron chi connectivity index (χ0n) is 5.84. The number of pyridine rings is 1. The largest absolute Gasteiger partial charge is 0.480 e. The van der Waals surface area contributed by atoms with Gasteiger partial charge in [-0.25, -0.2) is 9.37 Å². The van der Waals surface area contributed by atoms with Gasteiger partial charge in [0.05, 0.1) is 7.11 Å². The van der Waals surface area contributed by atoms with Gasteiger partial charge in [0.1, 0.15) is 17.4 Å². The number of rotatable bonds is 1. The van der Waals surface area contributed by atoms with Gasteiger partial charge in [-0.1, -0.05) is 0 Å². The molecule has 1 heterocycles. The number of aromatic nitrogens is 1. The summed E-state index contributed by atoms with van der Waals surface area (Å²) in [7, 11) is 1.34. The molecule has 0 bridgehead atoms. The monoisotopic (exact) mass is 152 g/mol. The Morgan fingerprint density at radius 2 is 2.45 bits per heavy atom. The van der Waals surface area contributed by atoms with E-state index in [1.54, 1.807) is 6.07 Å². The second-order valence-electron chi connectivity index (χ2n) is 1.79. The summed E-state index contributed by atoms with van der Waals surface area (Å²) in [6, 6.07) is 2.76. The molecule has 0 unspecified atom stereocenters. The molecule has 11 heavy (non-hydrogen) atoms. The van der Waals surface area contributed by atoms with Crippen molar-refractivity contribution in [2.45, 2.75) is 0 Å². The molecule has 0 fully saturated rings. The van der Waals surface area contributed by atoms with Crippen molar-refractivity contribution in [3.63, 3.8) is 0 Å². The minimum Gasteiger partial charge on any atom is -0.480 e. The molecule has 0 atom stereocenters. The fourth-order valence-electron chi connectivity index (χ4n) is 0.676. The zero-order valence-corrected chi connectivity index (χ0v) is 5.84. The first kappa shape index (κ1) is 7.48. The van der Waals surface area contributed by atoms with Crippen molar-refractivity contribution in [2.75, 3.05) is 7.11 Å². The molecule has 0 spiro atoms. The average Bonchev–Trinajstić information content (AvgIpc) is 2.04. The summed E-state index contributed by atoms with van der Waals surface area (Å²) in [5, 5.41) is 8.42. The molecule has 0 aromatic carbocycles. The van der Waals surface area contributed by atoms with Gasteiger partial charge in [0.2, 0.25) is 5.88 Å². The van der Waals surface area contributed by atoms with Crippen molar-refractivity contribution in [1.82, 2.24) is 4.98 Å². The highest BCUT2D eigenvalue weighted by Gasteiger charge is 2.07. The van der Waals surface area contributed by atoms with Crippen LogP contribution in [0.2, 0.25) is 0 Å². The Hall–Kier alpha value is -1.63. The normalized spacial score (nSPS) is 8.82. The van der Waals surface area contributed by atoms with Crippen molar-refractivity contribution < 1.29 is 9.13 Å². The smallest absolute Gasteiger partial charge is 0.234 e. The first-order valence-corrected chi connectivity index (χ1v) is 2.88. The van der Waals surface area contributed by atoms with E-state index in [9.17, 15) is 4.39 Å². The number of nitriles is 1. The van der Waals surface area contributed by atoms with E-state index in [4.69, 9.17) is 5.26 Å². The predicted molar refractivity (Wildman–Crippen MR) is 35.5 cm³/mol. The molecule has 1 rings (SSSR count). The highest BCUT2D eigenvalue weighted by atomic mass is 19.1. The van der Waals surface area contributed by atoms with E-state index >= 15 is 0 Å². The van der Waals surface area contributed by atoms with E-state index in [-0.39, 0.29) is 11.4 Å². The minimum atomic E-state index is -0.612. The van der Waals surface area contributed by atoms with Crippen LogP contribution < -0.4 is 4.74 Å². The summed E-state index contributed by atoms with van der Waals surface area (Å²) in [6.45, 7) is 0. The molecule has 0 saturated carbocycles. The maximum absolute atomic E-state index is 12.7. The standard InChI is InChI=1S/C7H5FN2O/c1-11-7-5(4-9)6(8)2-3-10-7/h2-3H,1H3. The Kier molecular flexibility index (Phi) is 2.02. The van der Waals surface area contributed by atoms with Gasteiger partial charge in [-0.15, -0.1) is 0 Å². The SMILES string of the molecule is COc1nccc(F)c1C#N. The second kappa shape index (κ2) is 2.97. The summed E-state index contributed by atoms with van der Waals surface area (Å²) < 4.78 is 17.3. The van der Waals surface area contributed by atoms with Crippen LogP contribution in [0.4, 0.5) is 4.39 Å². The second-order valence-corrected chi connectivity index (χ2v) is 1.79. The molecule has 0 aliphatic carbocycles. The number of ether oxygens (including phenoxy) is 1. The van der Waals surface area contributed by atoms with Crippen LogP contribution in [0.5, 0.6) is 5.88 Å². The quantitative estimate of drug-likeness (QED) is 0.605. The van der Waals surface area contributed by atoms with Crippen LogP contribution in [0.25, 0.3) is 0 Å². The Morgan fingerprint density at radius 1 is 1.73 bits per heavy atom. The third kappa shape index (κ3) is 1.27. The summed E-state index contributed by atoms with van der Waals surface area (Å²) in [6.07, 6.45) is 1.25. The van der Waals surface area contributed by atoms with E-state index in [1.165, 1.54) is 13.3 Å². The van der Waals surface area contributed by atoms with E-state index < -0.39 is 5.82 Å². The Labute approximate surface area is 63.1 Å². The Morgan fingerprint density at radius 3 is 2.91 bits per heavy atom. The zero-order chi connectivity index (χ0) is 8.27. The average molecular weight is 152 g/mol. The highest BCUT2D eigenvalue weighted by molar-refractivity contribution is 5.38. The van der Waals surface area contributed by atoms with Crippen LogP contribution in [-0.4, -0.2) is 12.1 Å². The van der Waals surface area contributed by atoms with Crippen LogP contribution in [0.1, 0.15) is 5.56 Å². The fraction of sp³-hybridized carbons (Fsp3) is 0.143. The molecule has 0 aliphatic rings. The van der Waals surface area contributed by atoms with Crippen LogP contribution in [0.15, 0.2) is 12.3 Å². The van der Waals surface area contributed by atoms with Gasteiger partial charge in [-0.05, 0) is 6.07 Å². The molecule has 0 radical (unpaired) electrons. The van der Waals surface area contributed by atoms with Gasteiger partial charge in [-0.2, -0.15) is 5.26 Å². The van der Waals surface area contributed by atoms with Crippen LogP contribution >= 0.6 is 0 Å². The van der Waals surface area contributed by atoms with Crippen molar-refractivity contribution >= 4 is 0 Å². The molecule has 56 valence electrons. The number of nitrogens with zero attached hydrogens (tertiary/aromatic N) is 2. The molecule has 0 saturated heterocycles. The molecular formula is C7H5FN2O. The summed E-state index contributed by atoms with van der Waals surface area (Å²) >= 11 is 0. The van der Waals surface area contributed by atoms with Gasteiger partial charge in [-0.3, -0.25) is 0 Å². The Bertz CT molecular complexity index is 306. The van der Waals surface area contributed by atoms with Crippen molar-refractivity contribution in [3.8, 4) is 11.9 Å². The van der Waals surface area contributed by atoms with Crippen molar-refractivity contribution in [3.05, 3.63) is 23.6 Å². The summed E-state index contributed by atoms with van der Waals surface area (Å²) in [4.78, 5) is 3.64. The third-order valence-corrected chi connectivity index (χ3v) is 1.17. The molecule has 3 nitrogen and oxygen atoms in total. The van der Waals surface area contributed by atoms with Crippen LogP contribution in [-0.2, 0) is 0 Å². The van der Waals surface area contributed by atoms with E-state index in [1.807, 2.05) is 0 Å². The third-order valence-electron chi connectivity index (χ3n) is 1.17. The van der Waals surface area contributed by atoms with E-state index in [0.717, 1.165) is 6.07 Å². The number of halogens is 1. The van der Waals surface area contributed by atoms with Gasteiger partial charge in [0, 0.05) is 6.20 Å². The maximum atomic E-state index is 12.7. The lowest BCUT2D eigenvalue weighted by Crippen LogP contribution is -1.93. The van der Waals surface area contributed by atoms with E-state index in [2.05, 4.69) is 9.72 Å². The maximum Gasteiger partial charge on any atom is 0.234 e. The predicted octanol–water partition coefficient (Wildman–Crippen LogP) is 1.10. The molecule has 1 aromatic heterocycles. The topological polar surface area (TPSA) is 45.9 Å². The number of hydrogen-bond acceptors (Lipinski definition) is 3. The van der Waals surface area contributed by atoms with Gasteiger partial charge < -0.3 is 4.74 Å². The molecule has 0 amide bonds. The van der Waals surface area contributed by atoms with Gasteiger partial charge >= 0.3 is 0 Å².